The molecule has 170 valence electrons. The zero-order valence-electron chi connectivity index (χ0n) is 18.5. The smallest absolute Gasteiger partial charge is 0.213 e. The van der Waals surface area contributed by atoms with E-state index < -0.39 is 0 Å². The number of unbranched alkanes of at least 4 members (excludes halogenated alkanes) is 2. The number of hydrogen-bond donors (Lipinski definition) is 0. The number of rotatable bonds is 7. The van der Waals surface area contributed by atoms with Gasteiger partial charge in [0, 0.05) is 27.0 Å². The predicted molar refractivity (Wildman–Crippen MR) is 136 cm³/mol. The fraction of sp³-hybridized carbons (Fsp3) is 0.296. The van der Waals surface area contributed by atoms with Crippen molar-refractivity contribution in [2.45, 2.75) is 44.9 Å². The van der Waals surface area contributed by atoms with Crippen LogP contribution in [0.25, 0.3) is 0 Å². The fourth-order valence-electron chi connectivity index (χ4n) is 4.37. The second kappa shape index (κ2) is 9.78. The van der Waals surface area contributed by atoms with Gasteiger partial charge in [-0.1, -0.05) is 59.4 Å². The van der Waals surface area contributed by atoms with Crippen molar-refractivity contribution in [3.8, 4) is 11.5 Å². The molecule has 0 spiro atoms. The molecule has 2 aliphatic heterocycles. The van der Waals surface area contributed by atoms with E-state index >= 15 is 0 Å². The van der Waals surface area contributed by atoms with Crippen molar-refractivity contribution in [3.63, 3.8) is 0 Å². The maximum Gasteiger partial charge on any atom is 0.213 e. The van der Waals surface area contributed by atoms with Gasteiger partial charge in [-0.3, -0.25) is 0 Å². The van der Waals surface area contributed by atoms with E-state index in [4.69, 9.17) is 26.2 Å². The van der Waals surface area contributed by atoms with E-state index in [1.807, 2.05) is 48.5 Å². The Kier molecular flexibility index (Phi) is 6.61. The van der Waals surface area contributed by atoms with Gasteiger partial charge < -0.3 is 9.47 Å². The standard InChI is InChI=1S/C27H26BrClN2O2/c1-2-3-4-15-32-22-12-7-19(8-13-22)27-31-25(23-16-20(28)9-14-26(23)33-27)17-24(30-31)18-5-10-21(29)11-6-18/h5-14,16,25,27H,2-4,15,17H2,1H3/t25-,27-/m0/s1. The minimum atomic E-state index is -0.303. The normalized spacial score (nSPS) is 18.9. The first-order valence-corrected chi connectivity index (χ1v) is 12.6. The molecule has 33 heavy (non-hydrogen) atoms. The van der Waals surface area contributed by atoms with Gasteiger partial charge in [-0.15, -0.1) is 0 Å². The Labute approximate surface area is 208 Å². The van der Waals surface area contributed by atoms with Crippen molar-refractivity contribution < 1.29 is 9.47 Å². The first-order valence-electron chi connectivity index (χ1n) is 11.4. The highest BCUT2D eigenvalue weighted by Crippen LogP contribution is 2.48. The lowest BCUT2D eigenvalue weighted by molar-refractivity contribution is -0.0191. The number of fused-ring (bicyclic) bond motifs is 3. The number of halogens is 2. The lowest BCUT2D eigenvalue weighted by atomic mass is 9.96. The highest BCUT2D eigenvalue weighted by molar-refractivity contribution is 9.10. The molecule has 0 saturated heterocycles. The molecular formula is C27H26BrClN2O2. The molecule has 0 saturated carbocycles. The Morgan fingerprint density at radius 2 is 1.85 bits per heavy atom. The SMILES string of the molecule is CCCCCOc1ccc([C@@H]2Oc3ccc(Br)cc3[C@@H]3CC(c4ccc(Cl)cc4)=NN32)cc1. The Morgan fingerprint density at radius 1 is 1.06 bits per heavy atom. The summed E-state index contributed by atoms with van der Waals surface area (Å²) in [6.07, 6.45) is 3.96. The van der Waals surface area contributed by atoms with Gasteiger partial charge in [0.15, 0.2) is 0 Å². The third kappa shape index (κ3) is 4.75. The molecule has 5 rings (SSSR count). The Morgan fingerprint density at radius 3 is 2.61 bits per heavy atom. The molecule has 0 radical (unpaired) electrons. The van der Waals surface area contributed by atoms with Gasteiger partial charge in [-0.25, -0.2) is 5.01 Å². The third-order valence-corrected chi connectivity index (χ3v) is 6.86. The van der Waals surface area contributed by atoms with Crippen LogP contribution in [0.3, 0.4) is 0 Å². The molecule has 0 aliphatic carbocycles. The molecule has 6 heteroatoms. The summed E-state index contributed by atoms with van der Waals surface area (Å²) >= 11 is 9.72. The van der Waals surface area contributed by atoms with Gasteiger partial charge >= 0.3 is 0 Å². The zero-order chi connectivity index (χ0) is 22.8. The van der Waals surface area contributed by atoms with Crippen LogP contribution in [0.5, 0.6) is 11.5 Å². The monoisotopic (exact) mass is 524 g/mol. The maximum absolute atomic E-state index is 6.48. The minimum Gasteiger partial charge on any atom is -0.494 e. The molecule has 3 aromatic carbocycles. The van der Waals surface area contributed by atoms with Crippen molar-refractivity contribution in [3.05, 3.63) is 92.9 Å². The van der Waals surface area contributed by atoms with Crippen molar-refractivity contribution >= 4 is 33.2 Å². The van der Waals surface area contributed by atoms with E-state index in [1.54, 1.807) is 0 Å². The molecule has 3 aromatic rings. The van der Waals surface area contributed by atoms with Crippen molar-refractivity contribution in [1.29, 1.82) is 0 Å². The third-order valence-electron chi connectivity index (χ3n) is 6.11. The Balaban J connectivity index is 1.44. The lowest BCUT2D eigenvalue weighted by Crippen LogP contribution is -2.33. The number of benzene rings is 3. The molecule has 0 unspecified atom stereocenters. The van der Waals surface area contributed by atoms with E-state index in [2.05, 4.69) is 46.1 Å². The first kappa shape index (κ1) is 22.3. The number of nitrogens with zero attached hydrogens (tertiary/aromatic N) is 2. The molecule has 2 heterocycles. The van der Waals surface area contributed by atoms with E-state index in [1.165, 1.54) is 12.8 Å². The van der Waals surface area contributed by atoms with Crippen LogP contribution in [0, 0.1) is 0 Å². The van der Waals surface area contributed by atoms with Gasteiger partial charge in [0.2, 0.25) is 6.23 Å². The van der Waals surface area contributed by atoms with Crippen LogP contribution in [0.1, 0.15) is 61.6 Å². The largest absolute Gasteiger partial charge is 0.494 e. The molecule has 2 aliphatic rings. The highest BCUT2D eigenvalue weighted by Gasteiger charge is 2.41. The van der Waals surface area contributed by atoms with E-state index in [0.717, 1.165) is 62.8 Å². The van der Waals surface area contributed by atoms with Gasteiger partial charge in [0.05, 0.1) is 18.4 Å². The molecule has 2 atom stereocenters. The van der Waals surface area contributed by atoms with Crippen LogP contribution < -0.4 is 9.47 Å². The molecule has 0 aromatic heterocycles. The molecule has 0 fully saturated rings. The van der Waals surface area contributed by atoms with Crippen LogP contribution >= 0.6 is 27.5 Å². The average molecular weight is 526 g/mol. The van der Waals surface area contributed by atoms with Crippen LogP contribution in [-0.2, 0) is 0 Å². The molecule has 4 nitrogen and oxygen atoms in total. The quantitative estimate of drug-likeness (QED) is 0.294. The summed E-state index contributed by atoms with van der Waals surface area (Å²) in [6.45, 7) is 2.95. The second-order valence-corrected chi connectivity index (χ2v) is 9.78. The Bertz CT molecular complexity index is 1150. The summed E-state index contributed by atoms with van der Waals surface area (Å²) < 4.78 is 13.4. The van der Waals surface area contributed by atoms with Gasteiger partial charge in [0.25, 0.3) is 0 Å². The minimum absolute atomic E-state index is 0.104. The van der Waals surface area contributed by atoms with Gasteiger partial charge in [-0.05, 0) is 66.6 Å². The van der Waals surface area contributed by atoms with Crippen LogP contribution in [0.4, 0.5) is 0 Å². The van der Waals surface area contributed by atoms with E-state index in [0.29, 0.717) is 0 Å². The summed E-state index contributed by atoms with van der Waals surface area (Å²) in [7, 11) is 0. The molecule has 0 N–H and O–H groups in total. The lowest BCUT2D eigenvalue weighted by Gasteiger charge is -2.38. The van der Waals surface area contributed by atoms with Crippen LogP contribution in [0.2, 0.25) is 5.02 Å². The summed E-state index contributed by atoms with van der Waals surface area (Å²) in [5.41, 5.74) is 4.31. The maximum atomic E-state index is 6.48. The van der Waals surface area contributed by atoms with Gasteiger partial charge in [-0.2, -0.15) is 5.10 Å². The zero-order valence-corrected chi connectivity index (χ0v) is 20.8. The van der Waals surface area contributed by atoms with Crippen molar-refractivity contribution in [2.24, 2.45) is 5.10 Å². The molecule has 0 amide bonds. The van der Waals surface area contributed by atoms with E-state index in [9.17, 15) is 0 Å². The second-order valence-electron chi connectivity index (χ2n) is 8.43. The fourth-order valence-corrected chi connectivity index (χ4v) is 4.87. The summed E-state index contributed by atoms with van der Waals surface area (Å²) in [5, 5.41) is 7.84. The van der Waals surface area contributed by atoms with E-state index in [-0.39, 0.29) is 12.3 Å². The van der Waals surface area contributed by atoms with Crippen LogP contribution in [0.15, 0.2) is 76.3 Å². The summed E-state index contributed by atoms with van der Waals surface area (Å²) in [5.74, 6) is 1.79. The summed E-state index contributed by atoms with van der Waals surface area (Å²) in [4.78, 5) is 0. The molecular weight excluding hydrogens is 500 g/mol. The average Bonchev–Trinajstić information content (AvgIpc) is 3.28. The summed E-state index contributed by atoms with van der Waals surface area (Å²) in [6, 6.07) is 22.4. The predicted octanol–water partition coefficient (Wildman–Crippen LogP) is 7.91. The first-order chi connectivity index (χ1) is 16.1. The van der Waals surface area contributed by atoms with Crippen molar-refractivity contribution in [1.82, 2.24) is 5.01 Å². The topological polar surface area (TPSA) is 34.1 Å². The number of hydrogen-bond acceptors (Lipinski definition) is 4. The van der Waals surface area contributed by atoms with Crippen LogP contribution in [-0.4, -0.2) is 17.3 Å². The van der Waals surface area contributed by atoms with Crippen molar-refractivity contribution in [2.75, 3.05) is 6.61 Å². The number of hydrazone groups is 1. The number of ether oxygens (including phenoxy) is 2. The Hall–Kier alpha value is -2.50. The molecule has 0 bridgehead atoms. The van der Waals surface area contributed by atoms with Gasteiger partial charge in [0.1, 0.15) is 11.5 Å². The highest BCUT2D eigenvalue weighted by atomic mass is 79.9.